The Morgan fingerprint density at radius 3 is 2.90 bits per heavy atom. The van der Waals surface area contributed by atoms with Crippen molar-refractivity contribution in [2.45, 2.75) is 33.2 Å². The molecule has 3 nitrogen and oxygen atoms in total. The van der Waals surface area contributed by atoms with Crippen LogP contribution in [0.3, 0.4) is 0 Å². The second-order valence-corrected chi connectivity index (χ2v) is 6.11. The second-order valence-electron chi connectivity index (χ2n) is 4.84. The Morgan fingerprint density at radius 2 is 2.20 bits per heavy atom. The summed E-state index contributed by atoms with van der Waals surface area (Å²) in [4.78, 5) is 4.61. The molecule has 0 bridgehead atoms. The highest BCUT2D eigenvalue weighted by Crippen LogP contribution is 2.26. The van der Waals surface area contributed by atoms with Gasteiger partial charge in [0, 0.05) is 22.1 Å². The van der Waals surface area contributed by atoms with E-state index in [0.29, 0.717) is 0 Å². The molecule has 108 valence electrons. The predicted octanol–water partition coefficient (Wildman–Crippen LogP) is 4.91. The van der Waals surface area contributed by atoms with Crippen molar-refractivity contribution in [3.63, 3.8) is 0 Å². The van der Waals surface area contributed by atoms with Crippen molar-refractivity contribution in [2.75, 3.05) is 11.9 Å². The molecule has 0 saturated heterocycles. The van der Waals surface area contributed by atoms with E-state index in [2.05, 4.69) is 34.8 Å². The topological polar surface area (TPSA) is 37.0 Å². The van der Waals surface area contributed by atoms with Gasteiger partial charge in [0.15, 0.2) is 5.13 Å². The lowest BCUT2D eigenvalue weighted by Crippen LogP contribution is -2.19. The number of benzene rings is 1. The number of hydrogen-bond acceptors (Lipinski definition) is 4. The van der Waals surface area contributed by atoms with Crippen LogP contribution in [0.4, 0.5) is 10.8 Å². The average Bonchev–Trinajstić information content (AvgIpc) is 2.89. The van der Waals surface area contributed by atoms with Crippen molar-refractivity contribution in [1.82, 2.24) is 10.3 Å². The zero-order valence-electron chi connectivity index (χ0n) is 12.0. The van der Waals surface area contributed by atoms with Crippen LogP contribution in [0, 0.1) is 6.92 Å². The maximum Gasteiger partial charge on any atom is 0.187 e. The quantitative estimate of drug-likeness (QED) is 0.796. The molecular formula is C15H20ClN3S. The molecule has 1 aromatic heterocycles. The molecule has 1 atom stereocenters. The summed E-state index contributed by atoms with van der Waals surface area (Å²) in [6.07, 6.45) is 1.13. The molecule has 2 rings (SSSR count). The number of aromatic nitrogens is 1. The second kappa shape index (κ2) is 7.07. The van der Waals surface area contributed by atoms with Crippen LogP contribution >= 0.6 is 22.9 Å². The SMILES string of the molecule is CCCNC(C)c1csc(Nc2ccc(C)c(Cl)c2)n1. The third kappa shape index (κ3) is 3.95. The van der Waals surface area contributed by atoms with Crippen LogP contribution < -0.4 is 10.6 Å². The monoisotopic (exact) mass is 309 g/mol. The zero-order valence-corrected chi connectivity index (χ0v) is 13.6. The standard InChI is InChI=1S/C15H20ClN3S/c1-4-7-17-11(3)14-9-20-15(19-14)18-12-6-5-10(2)13(16)8-12/h5-6,8-9,11,17H,4,7H2,1-3H3,(H,18,19). The first-order chi connectivity index (χ1) is 9.60. The molecule has 0 spiro atoms. The molecule has 0 fully saturated rings. The Hall–Kier alpha value is -1.10. The lowest BCUT2D eigenvalue weighted by Gasteiger charge is -2.10. The number of rotatable bonds is 6. The summed E-state index contributed by atoms with van der Waals surface area (Å²) < 4.78 is 0. The van der Waals surface area contributed by atoms with Crippen molar-refractivity contribution in [2.24, 2.45) is 0 Å². The van der Waals surface area contributed by atoms with E-state index in [1.54, 1.807) is 11.3 Å². The van der Waals surface area contributed by atoms with Crippen LogP contribution in [-0.4, -0.2) is 11.5 Å². The van der Waals surface area contributed by atoms with Gasteiger partial charge in [-0.15, -0.1) is 11.3 Å². The maximum atomic E-state index is 6.13. The minimum absolute atomic E-state index is 0.281. The molecular weight excluding hydrogens is 290 g/mol. The van der Waals surface area contributed by atoms with Gasteiger partial charge in [-0.3, -0.25) is 0 Å². The summed E-state index contributed by atoms with van der Waals surface area (Å²) in [5, 5.41) is 10.5. The van der Waals surface area contributed by atoms with E-state index in [0.717, 1.165) is 40.1 Å². The van der Waals surface area contributed by atoms with E-state index in [4.69, 9.17) is 11.6 Å². The molecule has 0 aliphatic rings. The first-order valence-corrected chi connectivity index (χ1v) is 8.08. The van der Waals surface area contributed by atoms with Crippen molar-refractivity contribution in [3.05, 3.63) is 39.9 Å². The molecule has 0 aliphatic carbocycles. The van der Waals surface area contributed by atoms with Crippen LogP contribution in [0.1, 0.15) is 37.6 Å². The fourth-order valence-corrected chi connectivity index (χ4v) is 2.81. The van der Waals surface area contributed by atoms with Crippen LogP contribution in [0.5, 0.6) is 0 Å². The van der Waals surface area contributed by atoms with Gasteiger partial charge in [-0.25, -0.2) is 4.98 Å². The number of hydrogen-bond donors (Lipinski definition) is 2. The third-order valence-corrected chi connectivity index (χ3v) is 4.27. The van der Waals surface area contributed by atoms with Gasteiger partial charge < -0.3 is 10.6 Å². The molecule has 2 N–H and O–H groups in total. The Balaban J connectivity index is 2.03. The Kier molecular flexibility index (Phi) is 5.40. The van der Waals surface area contributed by atoms with Crippen LogP contribution in [0.15, 0.2) is 23.6 Å². The van der Waals surface area contributed by atoms with Crippen LogP contribution in [-0.2, 0) is 0 Å². The van der Waals surface area contributed by atoms with Gasteiger partial charge in [-0.2, -0.15) is 0 Å². The summed E-state index contributed by atoms with van der Waals surface area (Å²) in [6, 6.07) is 6.23. The minimum atomic E-state index is 0.281. The average molecular weight is 310 g/mol. The smallest absolute Gasteiger partial charge is 0.187 e. The molecule has 0 radical (unpaired) electrons. The van der Waals surface area contributed by atoms with Gasteiger partial charge in [-0.1, -0.05) is 24.6 Å². The fourth-order valence-electron chi connectivity index (χ4n) is 1.80. The molecule has 1 heterocycles. The van der Waals surface area contributed by atoms with Crippen molar-refractivity contribution >= 4 is 33.8 Å². The Bertz CT molecular complexity index is 568. The first-order valence-electron chi connectivity index (χ1n) is 6.82. The highest BCUT2D eigenvalue weighted by Gasteiger charge is 2.09. The van der Waals surface area contributed by atoms with Gasteiger partial charge in [0.2, 0.25) is 0 Å². The van der Waals surface area contributed by atoms with Crippen molar-refractivity contribution in [1.29, 1.82) is 0 Å². The summed E-state index contributed by atoms with van der Waals surface area (Å²) in [5.41, 5.74) is 3.12. The highest BCUT2D eigenvalue weighted by molar-refractivity contribution is 7.13. The Labute approximate surface area is 129 Å². The van der Waals surface area contributed by atoms with E-state index in [1.165, 1.54) is 0 Å². The largest absolute Gasteiger partial charge is 0.331 e. The summed E-state index contributed by atoms with van der Waals surface area (Å²) in [5.74, 6) is 0. The van der Waals surface area contributed by atoms with E-state index in [9.17, 15) is 0 Å². The van der Waals surface area contributed by atoms with Crippen LogP contribution in [0.25, 0.3) is 0 Å². The molecule has 0 amide bonds. The minimum Gasteiger partial charge on any atom is -0.331 e. The van der Waals surface area contributed by atoms with Gasteiger partial charge >= 0.3 is 0 Å². The number of aryl methyl sites for hydroxylation is 1. The molecule has 0 aliphatic heterocycles. The predicted molar refractivity (Wildman–Crippen MR) is 88.3 cm³/mol. The summed E-state index contributed by atoms with van der Waals surface area (Å²) in [7, 11) is 0. The van der Waals surface area contributed by atoms with Gasteiger partial charge in [0.05, 0.1) is 5.69 Å². The molecule has 1 aromatic carbocycles. The van der Waals surface area contributed by atoms with E-state index < -0.39 is 0 Å². The van der Waals surface area contributed by atoms with E-state index in [-0.39, 0.29) is 6.04 Å². The number of nitrogens with one attached hydrogen (secondary N) is 2. The third-order valence-electron chi connectivity index (χ3n) is 3.09. The van der Waals surface area contributed by atoms with Crippen molar-refractivity contribution < 1.29 is 0 Å². The fraction of sp³-hybridized carbons (Fsp3) is 0.400. The molecule has 2 aromatic rings. The molecule has 0 saturated carbocycles. The number of thiazole rings is 1. The zero-order chi connectivity index (χ0) is 14.5. The first kappa shape index (κ1) is 15.3. The van der Waals surface area contributed by atoms with Crippen LogP contribution in [0.2, 0.25) is 5.02 Å². The number of nitrogens with zero attached hydrogens (tertiary/aromatic N) is 1. The maximum absolute atomic E-state index is 6.13. The van der Waals surface area contributed by atoms with Crippen molar-refractivity contribution in [3.8, 4) is 0 Å². The van der Waals surface area contributed by atoms with E-state index in [1.807, 2.05) is 25.1 Å². The number of anilines is 2. The Morgan fingerprint density at radius 1 is 1.40 bits per heavy atom. The number of halogens is 1. The summed E-state index contributed by atoms with van der Waals surface area (Å²) in [6.45, 7) is 7.30. The highest BCUT2D eigenvalue weighted by atomic mass is 35.5. The van der Waals surface area contributed by atoms with Gasteiger partial charge in [0.25, 0.3) is 0 Å². The normalized spacial score (nSPS) is 12.4. The molecule has 5 heteroatoms. The lowest BCUT2D eigenvalue weighted by molar-refractivity contribution is 0.561. The van der Waals surface area contributed by atoms with Gasteiger partial charge in [-0.05, 0) is 44.5 Å². The molecule has 20 heavy (non-hydrogen) atoms. The lowest BCUT2D eigenvalue weighted by atomic mass is 10.2. The summed E-state index contributed by atoms with van der Waals surface area (Å²) >= 11 is 7.74. The van der Waals surface area contributed by atoms with Gasteiger partial charge in [0.1, 0.15) is 0 Å². The molecule has 1 unspecified atom stereocenters. The van der Waals surface area contributed by atoms with E-state index >= 15 is 0 Å².